The fourth-order valence-corrected chi connectivity index (χ4v) is 2.58. The van der Waals surface area contributed by atoms with E-state index in [0.717, 1.165) is 23.3 Å². The molecule has 0 spiro atoms. The largest absolute Gasteiger partial charge is 0.347 e. The van der Waals surface area contributed by atoms with E-state index in [2.05, 4.69) is 19.2 Å². The molecule has 1 aromatic heterocycles. The number of nitrogens with one attached hydrogen (secondary N) is 1. The van der Waals surface area contributed by atoms with E-state index >= 15 is 0 Å². The van der Waals surface area contributed by atoms with Crippen molar-refractivity contribution in [3.63, 3.8) is 0 Å². The molecule has 1 unspecified atom stereocenters. The topological polar surface area (TPSA) is 75.5 Å². The van der Waals surface area contributed by atoms with Crippen molar-refractivity contribution in [2.24, 2.45) is 5.92 Å². The molecule has 1 amide bonds. The van der Waals surface area contributed by atoms with Gasteiger partial charge in [0.15, 0.2) is 0 Å². The van der Waals surface area contributed by atoms with Gasteiger partial charge in [0, 0.05) is 32.1 Å². The summed E-state index contributed by atoms with van der Waals surface area (Å²) in [6.45, 7) is 4.58. The smallest absolute Gasteiger partial charge is 0.324 e. The zero-order valence-corrected chi connectivity index (χ0v) is 13.1. The number of rotatable bonds is 7. The Bertz CT molecular complexity index is 471. The Kier molecular flexibility index (Phi) is 6.09. The van der Waals surface area contributed by atoms with Gasteiger partial charge in [0.1, 0.15) is 0 Å². The average molecular weight is 299 g/mol. The van der Waals surface area contributed by atoms with E-state index < -0.39 is 4.92 Å². The first-order valence-electron chi connectivity index (χ1n) is 6.47. The number of nitro groups is 1. The van der Waals surface area contributed by atoms with Gasteiger partial charge in [-0.1, -0.05) is 25.2 Å². The van der Waals surface area contributed by atoms with Crippen LogP contribution in [0.3, 0.4) is 0 Å². The van der Waals surface area contributed by atoms with Crippen molar-refractivity contribution in [2.45, 2.75) is 32.9 Å². The van der Waals surface area contributed by atoms with Crippen molar-refractivity contribution in [1.29, 1.82) is 0 Å². The van der Waals surface area contributed by atoms with Crippen molar-refractivity contribution in [1.82, 2.24) is 10.2 Å². The van der Waals surface area contributed by atoms with Crippen LogP contribution in [0.4, 0.5) is 5.00 Å². The molecule has 0 aliphatic carbocycles. The van der Waals surface area contributed by atoms with Gasteiger partial charge in [0.05, 0.1) is 11.0 Å². The highest BCUT2D eigenvalue weighted by Crippen LogP contribution is 2.22. The summed E-state index contributed by atoms with van der Waals surface area (Å²) in [6, 6.07) is 1.29. The van der Waals surface area contributed by atoms with Crippen molar-refractivity contribution >= 4 is 22.2 Å². The van der Waals surface area contributed by atoms with Crippen molar-refractivity contribution in [3.8, 4) is 0 Å². The fourth-order valence-electron chi connectivity index (χ4n) is 1.85. The Labute approximate surface area is 122 Å². The van der Waals surface area contributed by atoms with Gasteiger partial charge in [0.25, 0.3) is 0 Å². The number of amides is 1. The monoisotopic (exact) mass is 299 g/mol. The first-order valence-corrected chi connectivity index (χ1v) is 7.35. The minimum Gasteiger partial charge on any atom is -0.347 e. The lowest BCUT2D eigenvalue weighted by atomic mass is 10.0. The second kappa shape index (κ2) is 7.35. The predicted octanol–water partition coefficient (Wildman–Crippen LogP) is 2.25. The highest BCUT2D eigenvalue weighted by Gasteiger charge is 2.21. The van der Waals surface area contributed by atoms with Gasteiger partial charge in [-0.2, -0.15) is 0 Å². The molecule has 1 rings (SSSR count). The quantitative estimate of drug-likeness (QED) is 0.619. The maximum Gasteiger partial charge on any atom is 0.324 e. The molecule has 0 fully saturated rings. The van der Waals surface area contributed by atoms with Gasteiger partial charge in [-0.05, 0) is 17.9 Å². The van der Waals surface area contributed by atoms with E-state index in [4.69, 9.17) is 0 Å². The first-order chi connectivity index (χ1) is 9.31. The van der Waals surface area contributed by atoms with Crippen molar-refractivity contribution < 1.29 is 9.72 Å². The summed E-state index contributed by atoms with van der Waals surface area (Å²) >= 11 is 1.10. The normalized spacial score (nSPS) is 12.4. The van der Waals surface area contributed by atoms with Crippen molar-refractivity contribution in [2.75, 3.05) is 14.1 Å². The molecule has 0 saturated carbocycles. The summed E-state index contributed by atoms with van der Waals surface area (Å²) in [6.07, 6.45) is 0.739. The molecule has 0 aliphatic rings. The van der Waals surface area contributed by atoms with E-state index in [0.29, 0.717) is 12.5 Å². The zero-order valence-electron chi connectivity index (χ0n) is 12.3. The van der Waals surface area contributed by atoms with Gasteiger partial charge < -0.3 is 10.2 Å². The molecule has 0 aromatic carbocycles. The van der Waals surface area contributed by atoms with E-state index in [1.807, 2.05) is 0 Å². The molecule has 0 saturated heterocycles. The van der Waals surface area contributed by atoms with Crippen LogP contribution < -0.4 is 5.32 Å². The third kappa shape index (κ3) is 4.90. The van der Waals surface area contributed by atoms with Crippen LogP contribution in [0.1, 0.15) is 25.8 Å². The standard InChI is InChI=1S/C13H21N3O3S/c1-9(2)5-11(13(17)15(3)4)14-7-10-6-12(16(18)19)20-8-10/h6,8-9,11,14H,5,7H2,1-4H3. The van der Waals surface area contributed by atoms with Crippen LogP contribution in [0.15, 0.2) is 11.4 Å². The lowest BCUT2D eigenvalue weighted by molar-refractivity contribution is -0.380. The highest BCUT2D eigenvalue weighted by molar-refractivity contribution is 7.13. The van der Waals surface area contributed by atoms with E-state index in [1.54, 1.807) is 30.4 Å². The van der Waals surface area contributed by atoms with Crippen LogP contribution >= 0.6 is 11.3 Å². The Balaban J connectivity index is 2.65. The summed E-state index contributed by atoms with van der Waals surface area (Å²) < 4.78 is 0. The first kappa shape index (κ1) is 16.6. The van der Waals surface area contributed by atoms with Gasteiger partial charge in [-0.25, -0.2) is 0 Å². The molecular formula is C13H21N3O3S. The average Bonchev–Trinajstić information content (AvgIpc) is 2.81. The van der Waals surface area contributed by atoms with Crippen LogP contribution in [0, 0.1) is 16.0 Å². The predicted molar refractivity (Wildman–Crippen MR) is 79.8 cm³/mol. The van der Waals surface area contributed by atoms with E-state index in [9.17, 15) is 14.9 Å². The third-order valence-electron chi connectivity index (χ3n) is 2.82. The summed E-state index contributed by atoms with van der Waals surface area (Å²) in [5.74, 6) is 0.427. The molecule has 1 N–H and O–H groups in total. The molecule has 1 heterocycles. The molecule has 20 heavy (non-hydrogen) atoms. The number of thiophene rings is 1. The van der Waals surface area contributed by atoms with Crippen LogP contribution in [0.5, 0.6) is 0 Å². The second-order valence-electron chi connectivity index (χ2n) is 5.35. The lowest BCUT2D eigenvalue weighted by Crippen LogP contribution is -2.44. The molecule has 6 nitrogen and oxygen atoms in total. The van der Waals surface area contributed by atoms with E-state index in [-0.39, 0.29) is 17.0 Å². The second-order valence-corrected chi connectivity index (χ2v) is 6.24. The van der Waals surface area contributed by atoms with Crippen LogP contribution in [0.25, 0.3) is 0 Å². The number of hydrogen-bond donors (Lipinski definition) is 1. The summed E-state index contributed by atoms with van der Waals surface area (Å²) in [4.78, 5) is 23.9. The fraction of sp³-hybridized carbons (Fsp3) is 0.615. The van der Waals surface area contributed by atoms with Gasteiger partial charge in [-0.3, -0.25) is 14.9 Å². The number of nitrogens with zero attached hydrogens (tertiary/aromatic N) is 2. The number of hydrogen-bond acceptors (Lipinski definition) is 5. The van der Waals surface area contributed by atoms with Crippen LogP contribution in [-0.2, 0) is 11.3 Å². The van der Waals surface area contributed by atoms with Crippen molar-refractivity contribution in [3.05, 3.63) is 27.1 Å². The third-order valence-corrected chi connectivity index (χ3v) is 3.75. The number of carbonyl (C=O) groups is 1. The molecular weight excluding hydrogens is 278 g/mol. The maximum atomic E-state index is 12.1. The molecule has 7 heteroatoms. The summed E-state index contributed by atoms with van der Waals surface area (Å²) in [7, 11) is 3.46. The summed E-state index contributed by atoms with van der Waals surface area (Å²) in [5, 5.41) is 15.7. The number of likely N-dealkylation sites (N-methyl/N-ethyl adjacent to an activating group) is 1. The zero-order chi connectivity index (χ0) is 15.3. The minimum atomic E-state index is -0.398. The molecule has 0 radical (unpaired) electrons. The molecule has 0 aliphatic heterocycles. The Morgan fingerprint density at radius 3 is 2.60 bits per heavy atom. The minimum absolute atomic E-state index is 0.0310. The van der Waals surface area contributed by atoms with E-state index in [1.165, 1.54) is 0 Å². The van der Waals surface area contributed by atoms with Gasteiger partial charge in [-0.15, -0.1) is 0 Å². The SMILES string of the molecule is CC(C)CC(NCc1csc([N+](=O)[O-])c1)C(=O)N(C)C. The Morgan fingerprint density at radius 1 is 1.50 bits per heavy atom. The van der Waals surface area contributed by atoms with Gasteiger partial charge in [0.2, 0.25) is 5.91 Å². The highest BCUT2D eigenvalue weighted by atomic mass is 32.1. The maximum absolute atomic E-state index is 12.1. The van der Waals surface area contributed by atoms with Gasteiger partial charge >= 0.3 is 5.00 Å². The molecule has 112 valence electrons. The summed E-state index contributed by atoms with van der Waals surface area (Å²) in [5.41, 5.74) is 0.835. The Hall–Kier alpha value is -1.47. The van der Waals surface area contributed by atoms with Crippen LogP contribution in [-0.4, -0.2) is 35.9 Å². The Morgan fingerprint density at radius 2 is 2.15 bits per heavy atom. The molecule has 1 atom stereocenters. The van der Waals surface area contributed by atoms with Crippen LogP contribution in [0.2, 0.25) is 0 Å². The number of carbonyl (C=O) groups excluding carboxylic acids is 1. The molecule has 1 aromatic rings. The lowest BCUT2D eigenvalue weighted by Gasteiger charge is -2.23. The molecule has 0 bridgehead atoms.